The maximum absolute atomic E-state index is 12.7. The Hall–Kier alpha value is -3.67. The van der Waals surface area contributed by atoms with Gasteiger partial charge >= 0.3 is 11.9 Å². The molecular formula is C22H26N2O7. The van der Waals surface area contributed by atoms with Crippen molar-refractivity contribution in [2.75, 3.05) is 27.4 Å². The number of benzene rings is 1. The van der Waals surface area contributed by atoms with E-state index in [0.29, 0.717) is 30.3 Å². The van der Waals surface area contributed by atoms with E-state index in [1.165, 1.54) is 14.2 Å². The topological polar surface area (TPSA) is 130 Å². The SMILES string of the molecule is CCCOc1ccc([C@@H]2C(C#N)=C(N)OC(CC(=O)OC)=C2C(=O)OC)cc1OCC. The van der Waals surface area contributed by atoms with Gasteiger partial charge < -0.3 is 29.4 Å². The van der Waals surface area contributed by atoms with Gasteiger partial charge in [0.05, 0.1) is 38.9 Å². The molecule has 0 radical (unpaired) electrons. The maximum Gasteiger partial charge on any atom is 0.338 e. The molecule has 1 atom stereocenters. The highest BCUT2D eigenvalue weighted by atomic mass is 16.5. The summed E-state index contributed by atoms with van der Waals surface area (Å²) in [5.41, 5.74) is 6.49. The average Bonchev–Trinajstić information content (AvgIpc) is 2.77. The van der Waals surface area contributed by atoms with E-state index in [9.17, 15) is 14.9 Å². The van der Waals surface area contributed by atoms with Gasteiger partial charge in [-0.05, 0) is 31.0 Å². The van der Waals surface area contributed by atoms with Crippen molar-refractivity contribution in [3.05, 3.63) is 46.6 Å². The van der Waals surface area contributed by atoms with Crippen molar-refractivity contribution >= 4 is 11.9 Å². The van der Waals surface area contributed by atoms with Gasteiger partial charge in [-0.2, -0.15) is 5.26 Å². The lowest BCUT2D eigenvalue weighted by molar-refractivity contribution is -0.140. The fraction of sp³-hybridized carbons (Fsp3) is 0.409. The number of nitrogens with zero attached hydrogens (tertiary/aromatic N) is 1. The standard InChI is InChI=1S/C22H26N2O7/c1-5-9-30-15-8-7-13(10-16(15)29-6-2)19-14(12-23)21(24)31-17(11-18(25)27-3)20(19)22(26)28-4/h7-8,10,19H,5-6,9,11,24H2,1-4H3/t19-/m1/s1. The second-order valence-electron chi connectivity index (χ2n) is 6.49. The van der Waals surface area contributed by atoms with Crippen LogP contribution >= 0.6 is 0 Å². The lowest BCUT2D eigenvalue weighted by Gasteiger charge is -2.28. The number of ether oxygens (including phenoxy) is 5. The van der Waals surface area contributed by atoms with Crippen molar-refractivity contribution in [1.82, 2.24) is 0 Å². The molecule has 9 nitrogen and oxygen atoms in total. The number of hydrogen-bond acceptors (Lipinski definition) is 9. The summed E-state index contributed by atoms with van der Waals surface area (Å²) >= 11 is 0. The van der Waals surface area contributed by atoms with E-state index in [1.807, 2.05) is 19.9 Å². The molecule has 1 aromatic carbocycles. The Morgan fingerprint density at radius 3 is 2.48 bits per heavy atom. The minimum Gasteiger partial charge on any atom is -0.490 e. The molecule has 0 saturated carbocycles. The number of nitriles is 1. The molecule has 1 aromatic rings. The lowest BCUT2D eigenvalue weighted by atomic mass is 9.82. The molecule has 1 aliphatic rings. The molecule has 0 spiro atoms. The van der Waals surface area contributed by atoms with Crippen LogP contribution in [0.25, 0.3) is 0 Å². The molecule has 0 saturated heterocycles. The highest BCUT2D eigenvalue weighted by molar-refractivity contribution is 5.93. The van der Waals surface area contributed by atoms with Crippen LogP contribution < -0.4 is 15.2 Å². The van der Waals surface area contributed by atoms with Crippen LogP contribution in [0.5, 0.6) is 11.5 Å². The normalized spacial score (nSPS) is 15.6. The molecule has 166 valence electrons. The predicted octanol–water partition coefficient (Wildman–Crippen LogP) is 2.67. The predicted molar refractivity (Wildman–Crippen MR) is 110 cm³/mol. The Balaban J connectivity index is 2.67. The molecule has 2 N–H and O–H groups in total. The number of esters is 2. The van der Waals surface area contributed by atoms with Gasteiger partial charge in [0.2, 0.25) is 5.88 Å². The number of nitrogens with two attached hydrogens (primary N) is 1. The summed E-state index contributed by atoms with van der Waals surface area (Å²) in [6.45, 7) is 4.71. The third-order valence-corrected chi connectivity index (χ3v) is 4.50. The molecule has 0 aromatic heterocycles. The Labute approximate surface area is 181 Å². The van der Waals surface area contributed by atoms with E-state index in [2.05, 4.69) is 4.74 Å². The summed E-state index contributed by atoms with van der Waals surface area (Å²) in [5.74, 6) is -1.57. The quantitative estimate of drug-likeness (QED) is 0.588. The van der Waals surface area contributed by atoms with Gasteiger partial charge in [0, 0.05) is 0 Å². The zero-order valence-corrected chi connectivity index (χ0v) is 18.0. The summed E-state index contributed by atoms with van der Waals surface area (Å²) < 4.78 is 26.5. The molecule has 9 heteroatoms. The first-order valence-electron chi connectivity index (χ1n) is 9.76. The van der Waals surface area contributed by atoms with Gasteiger partial charge in [0.25, 0.3) is 0 Å². The van der Waals surface area contributed by atoms with Crippen molar-refractivity contribution < 1.29 is 33.3 Å². The number of carbonyl (C=O) groups excluding carboxylic acids is 2. The van der Waals surface area contributed by atoms with Gasteiger partial charge in [-0.3, -0.25) is 4.79 Å². The van der Waals surface area contributed by atoms with Crippen LogP contribution in [0, 0.1) is 11.3 Å². The molecule has 0 unspecified atom stereocenters. The van der Waals surface area contributed by atoms with E-state index >= 15 is 0 Å². The van der Waals surface area contributed by atoms with Gasteiger partial charge in [-0.1, -0.05) is 13.0 Å². The summed E-state index contributed by atoms with van der Waals surface area (Å²) in [4.78, 5) is 24.6. The fourth-order valence-electron chi connectivity index (χ4n) is 3.12. The summed E-state index contributed by atoms with van der Waals surface area (Å²) in [5, 5.41) is 9.73. The monoisotopic (exact) mass is 430 g/mol. The highest BCUT2D eigenvalue weighted by Gasteiger charge is 2.38. The minimum absolute atomic E-state index is 0.0108. The highest BCUT2D eigenvalue weighted by Crippen LogP contribution is 2.43. The maximum atomic E-state index is 12.7. The summed E-state index contributed by atoms with van der Waals surface area (Å²) in [6, 6.07) is 7.07. The van der Waals surface area contributed by atoms with Crippen LogP contribution in [-0.2, 0) is 23.8 Å². The van der Waals surface area contributed by atoms with Crippen molar-refractivity contribution in [2.45, 2.75) is 32.6 Å². The summed E-state index contributed by atoms with van der Waals surface area (Å²) in [6.07, 6.45) is 0.462. The number of methoxy groups -OCH3 is 2. The fourth-order valence-corrected chi connectivity index (χ4v) is 3.12. The van der Waals surface area contributed by atoms with E-state index in [0.717, 1.165) is 6.42 Å². The van der Waals surface area contributed by atoms with Crippen LogP contribution in [0.4, 0.5) is 0 Å². The lowest BCUT2D eigenvalue weighted by Crippen LogP contribution is -2.27. The number of allylic oxidation sites excluding steroid dienone is 1. The molecule has 0 aliphatic carbocycles. The van der Waals surface area contributed by atoms with E-state index in [4.69, 9.17) is 24.7 Å². The minimum atomic E-state index is -0.926. The van der Waals surface area contributed by atoms with E-state index in [-0.39, 0.29) is 29.2 Å². The zero-order chi connectivity index (χ0) is 23.0. The zero-order valence-electron chi connectivity index (χ0n) is 18.0. The van der Waals surface area contributed by atoms with Crippen molar-refractivity contribution in [3.8, 4) is 17.6 Å². The first-order valence-corrected chi connectivity index (χ1v) is 9.76. The van der Waals surface area contributed by atoms with Crippen molar-refractivity contribution in [2.24, 2.45) is 5.73 Å². The Kier molecular flexibility index (Phi) is 8.32. The van der Waals surface area contributed by atoms with Gasteiger partial charge in [0.1, 0.15) is 23.8 Å². The number of carbonyl (C=O) groups is 2. The Bertz CT molecular complexity index is 944. The van der Waals surface area contributed by atoms with Gasteiger partial charge in [-0.15, -0.1) is 0 Å². The van der Waals surface area contributed by atoms with Gasteiger partial charge in [0.15, 0.2) is 11.5 Å². The van der Waals surface area contributed by atoms with E-state index < -0.39 is 17.9 Å². The number of hydrogen-bond donors (Lipinski definition) is 1. The molecule has 0 amide bonds. The molecule has 0 fully saturated rings. The molecular weight excluding hydrogens is 404 g/mol. The van der Waals surface area contributed by atoms with Crippen LogP contribution in [-0.4, -0.2) is 39.4 Å². The smallest absolute Gasteiger partial charge is 0.338 e. The van der Waals surface area contributed by atoms with Crippen molar-refractivity contribution in [1.29, 1.82) is 5.26 Å². The summed E-state index contributed by atoms with van der Waals surface area (Å²) in [7, 11) is 2.41. The Morgan fingerprint density at radius 1 is 1.16 bits per heavy atom. The average molecular weight is 430 g/mol. The first kappa shape index (κ1) is 23.6. The first-order chi connectivity index (χ1) is 14.9. The largest absolute Gasteiger partial charge is 0.490 e. The number of rotatable bonds is 9. The third-order valence-electron chi connectivity index (χ3n) is 4.50. The van der Waals surface area contributed by atoms with E-state index in [1.54, 1.807) is 18.2 Å². The molecule has 0 bridgehead atoms. The second kappa shape index (κ2) is 10.9. The van der Waals surface area contributed by atoms with Crippen LogP contribution in [0.2, 0.25) is 0 Å². The molecule has 2 rings (SSSR count). The molecule has 1 aliphatic heterocycles. The molecule has 31 heavy (non-hydrogen) atoms. The van der Waals surface area contributed by atoms with Crippen LogP contribution in [0.15, 0.2) is 41.0 Å². The van der Waals surface area contributed by atoms with Gasteiger partial charge in [-0.25, -0.2) is 4.79 Å². The molecule has 1 heterocycles. The van der Waals surface area contributed by atoms with Crippen LogP contribution in [0.3, 0.4) is 0 Å². The van der Waals surface area contributed by atoms with Crippen molar-refractivity contribution in [3.63, 3.8) is 0 Å². The Morgan fingerprint density at radius 2 is 1.90 bits per heavy atom. The van der Waals surface area contributed by atoms with Crippen LogP contribution in [0.1, 0.15) is 38.2 Å². The second-order valence-corrected chi connectivity index (χ2v) is 6.49. The third kappa shape index (κ3) is 5.28.